The molecule has 132 valence electrons. The van der Waals surface area contributed by atoms with E-state index in [2.05, 4.69) is 20.4 Å². The van der Waals surface area contributed by atoms with E-state index in [1.807, 2.05) is 26.8 Å². The smallest absolute Gasteiger partial charge is 0.407 e. The molecule has 2 bridgehead atoms. The van der Waals surface area contributed by atoms with Gasteiger partial charge in [0.15, 0.2) is 0 Å². The topological polar surface area (TPSA) is 76.6 Å². The van der Waals surface area contributed by atoms with Gasteiger partial charge in [0.2, 0.25) is 5.88 Å². The molecule has 2 aliphatic rings. The lowest BCUT2D eigenvalue weighted by Gasteiger charge is -2.39. The number of ether oxygens (including phenoxy) is 2. The first kappa shape index (κ1) is 16.8. The molecule has 1 N–H and O–H groups in total. The number of hydrogen-bond acceptors (Lipinski definition) is 6. The molecule has 1 saturated carbocycles. The Balaban J connectivity index is 1.65. The van der Waals surface area contributed by atoms with Crippen molar-refractivity contribution in [3.63, 3.8) is 0 Å². The van der Waals surface area contributed by atoms with Crippen LogP contribution in [0.1, 0.15) is 33.6 Å². The van der Waals surface area contributed by atoms with Crippen LogP contribution in [0.25, 0.3) is 0 Å². The van der Waals surface area contributed by atoms with Crippen LogP contribution in [0, 0.1) is 11.8 Å². The van der Waals surface area contributed by atoms with Crippen molar-refractivity contribution in [3.05, 3.63) is 12.3 Å². The van der Waals surface area contributed by atoms with Gasteiger partial charge in [-0.05, 0) is 45.4 Å². The van der Waals surface area contributed by atoms with Gasteiger partial charge in [-0.3, -0.25) is 0 Å². The fraction of sp³-hybridized carbons (Fsp3) is 0.706. The van der Waals surface area contributed by atoms with Crippen LogP contribution in [-0.4, -0.2) is 48.1 Å². The lowest BCUT2D eigenvalue weighted by Crippen LogP contribution is -2.53. The van der Waals surface area contributed by atoms with Crippen molar-refractivity contribution < 1.29 is 14.3 Å². The summed E-state index contributed by atoms with van der Waals surface area (Å²) in [6.45, 7) is 7.44. The van der Waals surface area contributed by atoms with Crippen molar-refractivity contribution in [2.45, 2.75) is 45.3 Å². The van der Waals surface area contributed by atoms with Gasteiger partial charge in [0, 0.05) is 25.2 Å². The molecule has 2 unspecified atom stereocenters. The zero-order valence-corrected chi connectivity index (χ0v) is 14.8. The van der Waals surface area contributed by atoms with E-state index in [4.69, 9.17) is 9.47 Å². The monoisotopic (exact) mass is 334 g/mol. The number of carbonyl (C=O) groups excluding carboxylic acids is 1. The summed E-state index contributed by atoms with van der Waals surface area (Å²) in [7, 11) is 1.59. The Bertz CT molecular complexity index is 588. The molecule has 24 heavy (non-hydrogen) atoms. The van der Waals surface area contributed by atoms with Crippen molar-refractivity contribution in [1.82, 2.24) is 15.5 Å². The number of methoxy groups -OCH3 is 1. The number of nitrogens with zero attached hydrogens (tertiary/aromatic N) is 3. The molecule has 1 aromatic rings. The minimum atomic E-state index is -0.469. The van der Waals surface area contributed by atoms with Gasteiger partial charge in [-0.15, -0.1) is 5.10 Å². The number of carbonyl (C=O) groups is 1. The van der Waals surface area contributed by atoms with Gasteiger partial charge in [-0.25, -0.2) is 4.79 Å². The molecule has 2 heterocycles. The minimum absolute atomic E-state index is 0.188. The zero-order valence-electron chi connectivity index (χ0n) is 14.8. The highest BCUT2D eigenvalue weighted by Gasteiger charge is 2.43. The van der Waals surface area contributed by atoms with Crippen LogP contribution in [0.2, 0.25) is 0 Å². The van der Waals surface area contributed by atoms with E-state index in [0.717, 1.165) is 31.6 Å². The summed E-state index contributed by atoms with van der Waals surface area (Å²) in [5.74, 6) is 1.37. The maximum Gasteiger partial charge on any atom is 0.407 e. The average Bonchev–Trinajstić information content (AvgIpc) is 2.75. The Labute approximate surface area is 142 Å². The van der Waals surface area contributed by atoms with E-state index >= 15 is 0 Å². The van der Waals surface area contributed by atoms with Crippen LogP contribution in [0.3, 0.4) is 0 Å². The Kier molecular flexibility index (Phi) is 4.51. The second kappa shape index (κ2) is 6.45. The molecule has 0 aromatic carbocycles. The molecular formula is C17H26N4O3. The van der Waals surface area contributed by atoms with E-state index in [1.165, 1.54) is 0 Å². The number of nitrogens with one attached hydrogen (secondary N) is 1. The van der Waals surface area contributed by atoms with Crippen molar-refractivity contribution >= 4 is 11.8 Å². The number of aromatic nitrogens is 2. The van der Waals surface area contributed by atoms with Crippen molar-refractivity contribution in [3.8, 4) is 5.88 Å². The lowest BCUT2D eigenvalue weighted by atomic mass is 9.92. The number of hydrogen-bond donors (Lipinski definition) is 1. The summed E-state index contributed by atoms with van der Waals surface area (Å²) in [5, 5.41) is 11.0. The summed E-state index contributed by atoms with van der Waals surface area (Å²) in [4.78, 5) is 14.4. The van der Waals surface area contributed by atoms with Crippen molar-refractivity contribution in [2.75, 3.05) is 25.1 Å². The summed E-state index contributed by atoms with van der Waals surface area (Å²) < 4.78 is 10.6. The highest BCUT2D eigenvalue weighted by molar-refractivity contribution is 5.68. The van der Waals surface area contributed by atoms with Gasteiger partial charge in [-0.1, -0.05) is 0 Å². The summed E-state index contributed by atoms with van der Waals surface area (Å²) in [6.07, 6.45) is 3.70. The summed E-state index contributed by atoms with van der Waals surface area (Å²) in [6, 6.07) is 2.10. The van der Waals surface area contributed by atoms with E-state index < -0.39 is 5.60 Å². The van der Waals surface area contributed by atoms with Gasteiger partial charge in [0.25, 0.3) is 0 Å². The molecule has 1 amide bonds. The predicted octanol–water partition coefficient (Wildman–Crippen LogP) is 2.22. The average molecular weight is 334 g/mol. The largest absolute Gasteiger partial charge is 0.480 e. The molecule has 0 spiro atoms. The van der Waals surface area contributed by atoms with Crippen LogP contribution in [0.4, 0.5) is 10.5 Å². The number of anilines is 1. The van der Waals surface area contributed by atoms with Gasteiger partial charge < -0.3 is 19.7 Å². The molecule has 1 saturated heterocycles. The van der Waals surface area contributed by atoms with Crippen LogP contribution in [0.15, 0.2) is 12.3 Å². The molecule has 0 radical (unpaired) electrons. The van der Waals surface area contributed by atoms with Crippen LogP contribution < -0.4 is 15.0 Å². The van der Waals surface area contributed by atoms with Gasteiger partial charge in [0.05, 0.1) is 19.0 Å². The van der Waals surface area contributed by atoms with Crippen LogP contribution >= 0.6 is 0 Å². The number of piperidine rings is 1. The number of amides is 1. The number of alkyl carbamates (subject to hydrolysis) is 1. The standard InChI is InChI=1S/C17H26N4O3/c1-17(2,3)24-16(22)19-15-11-5-6-12(15)10-21(9-11)13-7-14(23-4)20-18-8-13/h7-8,11-12,15H,5-6,9-10H2,1-4H3,(H,19,22). The van der Waals surface area contributed by atoms with E-state index in [1.54, 1.807) is 13.3 Å². The van der Waals surface area contributed by atoms with E-state index in [0.29, 0.717) is 17.7 Å². The molecule has 2 atom stereocenters. The Hall–Kier alpha value is -2.05. The van der Waals surface area contributed by atoms with E-state index in [-0.39, 0.29) is 12.1 Å². The number of rotatable bonds is 3. The molecule has 1 aliphatic heterocycles. The van der Waals surface area contributed by atoms with Crippen molar-refractivity contribution in [2.24, 2.45) is 11.8 Å². The maximum absolute atomic E-state index is 12.1. The summed E-state index contributed by atoms with van der Waals surface area (Å²) >= 11 is 0. The second-order valence-electron chi connectivity index (χ2n) is 7.63. The fourth-order valence-corrected chi connectivity index (χ4v) is 3.72. The van der Waals surface area contributed by atoms with E-state index in [9.17, 15) is 4.79 Å². The Morgan fingerprint density at radius 2 is 1.96 bits per heavy atom. The van der Waals surface area contributed by atoms with Gasteiger partial charge >= 0.3 is 6.09 Å². The zero-order chi connectivity index (χ0) is 17.3. The minimum Gasteiger partial charge on any atom is -0.480 e. The molecule has 7 heteroatoms. The predicted molar refractivity (Wildman–Crippen MR) is 90.2 cm³/mol. The maximum atomic E-state index is 12.1. The molecular weight excluding hydrogens is 308 g/mol. The lowest BCUT2D eigenvalue weighted by molar-refractivity contribution is 0.0472. The first-order valence-electron chi connectivity index (χ1n) is 8.47. The second-order valence-corrected chi connectivity index (χ2v) is 7.63. The van der Waals surface area contributed by atoms with Gasteiger partial charge in [0.1, 0.15) is 5.60 Å². The molecule has 1 aliphatic carbocycles. The third-order valence-electron chi connectivity index (χ3n) is 4.71. The molecule has 2 fully saturated rings. The molecule has 7 nitrogen and oxygen atoms in total. The SMILES string of the molecule is COc1cc(N2CC3CCC(C2)C3NC(=O)OC(C)(C)C)cnn1. The first-order chi connectivity index (χ1) is 11.4. The van der Waals surface area contributed by atoms with Crippen LogP contribution in [0.5, 0.6) is 5.88 Å². The quantitative estimate of drug-likeness (QED) is 0.913. The normalized spacial score (nSPS) is 26.2. The Morgan fingerprint density at radius 3 is 2.54 bits per heavy atom. The van der Waals surface area contributed by atoms with Crippen molar-refractivity contribution in [1.29, 1.82) is 0 Å². The molecule has 1 aromatic heterocycles. The highest BCUT2D eigenvalue weighted by atomic mass is 16.6. The van der Waals surface area contributed by atoms with Gasteiger partial charge in [-0.2, -0.15) is 5.10 Å². The molecule has 3 rings (SSSR count). The highest BCUT2D eigenvalue weighted by Crippen LogP contribution is 2.39. The first-order valence-corrected chi connectivity index (χ1v) is 8.47. The fourth-order valence-electron chi connectivity index (χ4n) is 3.72. The summed E-state index contributed by atoms with van der Waals surface area (Å²) in [5.41, 5.74) is 0.554. The Morgan fingerprint density at radius 1 is 1.29 bits per heavy atom. The third-order valence-corrected chi connectivity index (χ3v) is 4.71. The third kappa shape index (κ3) is 3.71. The number of fused-ring (bicyclic) bond motifs is 2. The van der Waals surface area contributed by atoms with Crippen LogP contribution in [-0.2, 0) is 4.74 Å².